The summed E-state index contributed by atoms with van der Waals surface area (Å²) in [7, 11) is 0. The number of esters is 1. The highest BCUT2D eigenvalue weighted by Gasteiger charge is 2.28. The van der Waals surface area contributed by atoms with Gasteiger partial charge in [0.2, 0.25) is 0 Å². The third kappa shape index (κ3) is 7.02. The summed E-state index contributed by atoms with van der Waals surface area (Å²) >= 11 is 1.56. The van der Waals surface area contributed by atoms with E-state index in [1.165, 1.54) is 5.56 Å². The Labute approximate surface area is 238 Å². The molecule has 0 aliphatic carbocycles. The number of fused-ring (bicyclic) bond motifs is 1. The Bertz CT molecular complexity index is 1470. The molecule has 0 radical (unpaired) electrons. The van der Waals surface area contributed by atoms with Crippen LogP contribution in [0.1, 0.15) is 38.8 Å². The molecule has 0 spiro atoms. The highest BCUT2D eigenvalue weighted by atomic mass is 32.1. The van der Waals surface area contributed by atoms with Gasteiger partial charge in [0.15, 0.2) is 6.61 Å². The molecular formula is C32H31N3O4S. The van der Waals surface area contributed by atoms with E-state index in [0.29, 0.717) is 22.9 Å². The van der Waals surface area contributed by atoms with E-state index in [1.807, 2.05) is 55.5 Å². The van der Waals surface area contributed by atoms with E-state index in [9.17, 15) is 9.59 Å². The summed E-state index contributed by atoms with van der Waals surface area (Å²) in [5, 5.41) is 3.47. The predicted molar refractivity (Wildman–Crippen MR) is 159 cm³/mol. The number of para-hydroxylation sites is 1. The fraction of sp³-hybridized carbons (Fsp3) is 0.219. The summed E-state index contributed by atoms with van der Waals surface area (Å²) in [6.07, 6.45) is 2.53. The largest absolute Gasteiger partial charge is 0.484 e. The summed E-state index contributed by atoms with van der Waals surface area (Å²) in [5.74, 6) is 0.0335. The van der Waals surface area contributed by atoms with Gasteiger partial charge in [0.1, 0.15) is 10.8 Å². The molecule has 0 unspecified atom stereocenters. The van der Waals surface area contributed by atoms with Crippen LogP contribution in [0.25, 0.3) is 0 Å². The van der Waals surface area contributed by atoms with Gasteiger partial charge in [-0.2, -0.15) is 0 Å². The monoisotopic (exact) mass is 553 g/mol. The van der Waals surface area contributed by atoms with Gasteiger partial charge in [-0.05, 0) is 66.4 Å². The maximum Gasteiger partial charge on any atom is 0.341 e. The van der Waals surface area contributed by atoms with Gasteiger partial charge in [0.25, 0.3) is 5.91 Å². The first-order valence-electron chi connectivity index (χ1n) is 13.3. The molecule has 3 aromatic carbocycles. The number of hydrogen-bond donors (Lipinski definition) is 1. The van der Waals surface area contributed by atoms with Crippen molar-refractivity contribution in [2.45, 2.75) is 26.4 Å². The van der Waals surface area contributed by atoms with Crippen LogP contribution in [0.2, 0.25) is 0 Å². The van der Waals surface area contributed by atoms with Crippen LogP contribution in [-0.2, 0) is 29.0 Å². The molecule has 8 heteroatoms. The zero-order chi connectivity index (χ0) is 27.7. The van der Waals surface area contributed by atoms with Crippen molar-refractivity contribution in [2.24, 2.45) is 4.99 Å². The number of carbonyl (C=O) groups is 2. The number of aliphatic imine (C=N–C) groups is 1. The number of hydrogen-bond acceptors (Lipinski definition) is 7. The number of rotatable bonds is 10. The van der Waals surface area contributed by atoms with Gasteiger partial charge >= 0.3 is 5.97 Å². The number of amides is 1. The topological polar surface area (TPSA) is 80.2 Å². The molecule has 0 saturated heterocycles. The number of benzene rings is 3. The van der Waals surface area contributed by atoms with Gasteiger partial charge in [-0.3, -0.25) is 9.69 Å². The zero-order valence-electron chi connectivity index (χ0n) is 22.3. The molecule has 0 bridgehead atoms. The molecule has 5 rings (SSSR count). The van der Waals surface area contributed by atoms with E-state index in [0.717, 1.165) is 47.7 Å². The molecule has 0 atom stereocenters. The van der Waals surface area contributed by atoms with Gasteiger partial charge in [-0.1, -0.05) is 48.5 Å². The lowest BCUT2D eigenvalue weighted by Crippen LogP contribution is -2.29. The van der Waals surface area contributed by atoms with Crippen LogP contribution < -0.4 is 10.1 Å². The fourth-order valence-electron chi connectivity index (χ4n) is 4.57. The van der Waals surface area contributed by atoms with E-state index in [4.69, 9.17) is 14.5 Å². The maximum absolute atomic E-state index is 12.9. The molecule has 1 aromatic heterocycles. The Morgan fingerprint density at radius 3 is 2.45 bits per heavy atom. The van der Waals surface area contributed by atoms with E-state index >= 15 is 0 Å². The van der Waals surface area contributed by atoms with E-state index < -0.39 is 0 Å². The molecule has 0 fully saturated rings. The molecule has 7 nitrogen and oxygen atoms in total. The van der Waals surface area contributed by atoms with E-state index in [1.54, 1.807) is 29.7 Å². The molecule has 1 N–H and O–H groups in total. The summed E-state index contributed by atoms with van der Waals surface area (Å²) in [5.41, 5.74) is 4.49. The van der Waals surface area contributed by atoms with E-state index in [2.05, 4.69) is 34.5 Å². The second-order valence-electron chi connectivity index (χ2n) is 9.38. The van der Waals surface area contributed by atoms with Gasteiger partial charge in [-0.15, -0.1) is 11.3 Å². The number of carbonyl (C=O) groups excluding carboxylic acids is 2. The Morgan fingerprint density at radius 2 is 1.73 bits per heavy atom. The summed E-state index contributed by atoms with van der Waals surface area (Å²) < 4.78 is 11.0. The Balaban J connectivity index is 1.25. The lowest BCUT2D eigenvalue weighted by Gasteiger charge is -2.27. The van der Waals surface area contributed by atoms with Gasteiger partial charge in [0.05, 0.1) is 12.2 Å². The standard InChI is InChI=1S/C32H31N3O4S/c1-2-38-32(37)30-27-17-18-35(20-24-9-5-3-6-10-24)21-28(27)40-31(30)33-19-23-13-15-26(16-14-23)39-22-29(36)34-25-11-7-4-8-12-25/h3-16,19H,2,17-18,20-22H2,1H3,(H,34,36). The molecule has 1 aliphatic heterocycles. The zero-order valence-corrected chi connectivity index (χ0v) is 23.2. The normalized spacial score (nSPS) is 13.1. The van der Waals surface area contributed by atoms with Crippen LogP contribution in [0.4, 0.5) is 10.7 Å². The van der Waals surface area contributed by atoms with Crippen LogP contribution in [0.3, 0.4) is 0 Å². The highest BCUT2D eigenvalue weighted by molar-refractivity contribution is 7.16. The number of nitrogens with one attached hydrogen (secondary N) is 1. The number of thiophene rings is 1. The minimum Gasteiger partial charge on any atom is -0.484 e. The van der Waals surface area contributed by atoms with Crippen molar-refractivity contribution in [3.63, 3.8) is 0 Å². The van der Waals surface area contributed by atoms with Crippen molar-refractivity contribution in [2.75, 3.05) is 25.1 Å². The molecular weight excluding hydrogens is 522 g/mol. The van der Waals surface area contributed by atoms with Crippen molar-refractivity contribution in [1.29, 1.82) is 0 Å². The lowest BCUT2D eigenvalue weighted by atomic mass is 10.0. The second kappa shape index (κ2) is 13.2. The average molecular weight is 554 g/mol. The Morgan fingerprint density at radius 1 is 1.00 bits per heavy atom. The second-order valence-corrected chi connectivity index (χ2v) is 10.5. The quantitative estimate of drug-likeness (QED) is 0.185. The van der Waals surface area contributed by atoms with Crippen LogP contribution in [0.5, 0.6) is 5.75 Å². The maximum atomic E-state index is 12.9. The van der Waals surface area contributed by atoms with Crippen molar-refractivity contribution >= 4 is 40.1 Å². The first kappa shape index (κ1) is 27.3. The van der Waals surface area contributed by atoms with Crippen LogP contribution in [0, 0.1) is 0 Å². The van der Waals surface area contributed by atoms with Gasteiger partial charge in [0, 0.05) is 36.4 Å². The molecule has 1 amide bonds. The van der Waals surface area contributed by atoms with Gasteiger partial charge in [-0.25, -0.2) is 9.79 Å². The summed E-state index contributed by atoms with van der Waals surface area (Å²) in [6, 6.07) is 27.0. The Kier molecular flexibility index (Phi) is 9.00. The van der Waals surface area contributed by atoms with E-state index in [-0.39, 0.29) is 18.5 Å². The first-order chi connectivity index (χ1) is 19.6. The SMILES string of the molecule is CCOC(=O)c1c(N=Cc2ccc(OCC(=O)Nc3ccccc3)cc2)sc2c1CCN(Cc1ccccc1)C2. The summed E-state index contributed by atoms with van der Waals surface area (Å²) in [4.78, 5) is 33.3. The predicted octanol–water partition coefficient (Wildman–Crippen LogP) is 6.25. The lowest BCUT2D eigenvalue weighted by molar-refractivity contribution is -0.118. The summed E-state index contributed by atoms with van der Waals surface area (Å²) in [6.45, 7) is 4.56. The van der Waals surface area contributed by atoms with Crippen LogP contribution in [0.15, 0.2) is 89.9 Å². The van der Waals surface area contributed by atoms with Gasteiger partial charge < -0.3 is 14.8 Å². The number of nitrogens with zero attached hydrogens (tertiary/aromatic N) is 2. The third-order valence-electron chi connectivity index (χ3n) is 6.48. The molecule has 4 aromatic rings. The first-order valence-corrected chi connectivity index (χ1v) is 14.1. The van der Waals surface area contributed by atoms with Crippen molar-refractivity contribution in [3.8, 4) is 5.75 Å². The van der Waals surface area contributed by atoms with Crippen molar-refractivity contribution < 1.29 is 19.1 Å². The number of anilines is 1. The van der Waals surface area contributed by atoms with Crippen molar-refractivity contribution in [3.05, 3.63) is 112 Å². The fourth-order valence-corrected chi connectivity index (χ4v) is 5.80. The minimum absolute atomic E-state index is 0.0900. The smallest absolute Gasteiger partial charge is 0.341 e. The van der Waals surface area contributed by atoms with Crippen LogP contribution >= 0.6 is 11.3 Å². The Hall–Kier alpha value is -4.27. The highest BCUT2D eigenvalue weighted by Crippen LogP contribution is 2.39. The minimum atomic E-state index is -0.318. The molecule has 0 saturated carbocycles. The van der Waals surface area contributed by atoms with Crippen LogP contribution in [-0.4, -0.2) is 42.7 Å². The third-order valence-corrected chi connectivity index (χ3v) is 7.61. The average Bonchev–Trinajstić information content (AvgIpc) is 3.34. The molecule has 204 valence electrons. The van der Waals surface area contributed by atoms with Crippen molar-refractivity contribution in [1.82, 2.24) is 4.90 Å². The molecule has 40 heavy (non-hydrogen) atoms. The molecule has 2 heterocycles. The molecule has 1 aliphatic rings. The number of ether oxygens (including phenoxy) is 2.